The zero-order chi connectivity index (χ0) is 15.4. The van der Waals surface area contributed by atoms with Crippen molar-refractivity contribution in [2.75, 3.05) is 5.73 Å². The highest BCUT2D eigenvalue weighted by molar-refractivity contribution is 6.46. The number of hydrogen-bond acceptors (Lipinski definition) is 4. The third kappa shape index (κ3) is 3.75. The molecule has 1 rings (SSSR count). The van der Waals surface area contributed by atoms with Crippen LogP contribution < -0.4 is 11.2 Å². The van der Waals surface area contributed by atoms with E-state index < -0.39 is 5.91 Å². The fourth-order valence-corrected chi connectivity index (χ4v) is 2.07. The molecule has 20 heavy (non-hydrogen) atoms. The molecule has 0 unspecified atom stereocenters. The number of halogens is 3. The Morgan fingerprint density at radius 1 is 1.35 bits per heavy atom. The molecule has 3 N–H and O–H groups in total. The van der Waals surface area contributed by atoms with Gasteiger partial charge in [0.1, 0.15) is 5.02 Å². The van der Waals surface area contributed by atoms with Gasteiger partial charge in [0.25, 0.3) is 5.91 Å². The summed E-state index contributed by atoms with van der Waals surface area (Å²) in [4.78, 5) is 15.8. The Kier molecular flexibility index (Phi) is 6.05. The van der Waals surface area contributed by atoms with Crippen LogP contribution in [-0.4, -0.2) is 16.6 Å². The largest absolute Gasteiger partial charge is 0.396 e. The molecular formula is C12H15Cl3N4O. The average Bonchev–Trinajstić information content (AvgIpc) is 2.40. The minimum absolute atomic E-state index is 0.0158. The molecule has 0 saturated heterocycles. The van der Waals surface area contributed by atoms with E-state index >= 15 is 0 Å². The number of nitrogens with two attached hydrogens (primary N) is 1. The minimum Gasteiger partial charge on any atom is -0.396 e. The number of nitrogens with zero attached hydrogens (tertiary/aromatic N) is 2. The lowest BCUT2D eigenvalue weighted by molar-refractivity contribution is 0.0950. The minimum atomic E-state index is -0.591. The van der Waals surface area contributed by atoms with Crippen molar-refractivity contribution >= 4 is 52.1 Å². The maximum Gasteiger partial charge on any atom is 0.291 e. The summed E-state index contributed by atoms with van der Waals surface area (Å²) >= 11 is 17.5. The summed E-state index contributed by atoms with van der Waals surface area (Å²) in [6.07, 6.45) is 0.725. The second kappa shape index (κ2) is 7.11. The van der Waals surface area contributed by atoms with Gasteiger partial charge < -0.3 is 5.73 Å². The predicted octanol–water partition coefficient (Wildman–Crippen LogP) is 3.78. The summed E-state index contributed by atoms with van der Waals surface area (Å²) < 4.78 is 0. The molecule has 0 aliphatic carbocycles. The molecule has 1 aromatic heterocycles. The Morgan fingerprint density at radius 2 is 1.95 bits per heavy atom. The van der Waals surface area contributed by atoms with Gasteiger partial charge in [-0.2, -0.15) is 5.10 Å². The number of pyridine rings is 1. The van der Waals surface area contributed by atoms with E-state index in [-0.39, 0.29) is 32.5 Å². The van der Waals surface area contributed by atoms with Crippen molar-refractivity contribution in [3.05, 3.63) is 20.9 Å². The molecule has 0 fully saturated rings. The Labute approximate surface area is 132 Å². The van der Waals surface area contributed by atoms with Crippen LogP contribution in [0.4, 0.5) is 5.69 Å². The van der Waals surface area contributed by atoms with Crippen molar-refractivity contribution in [2.45, 2.75) is 27.2 Å². The maximum absolute atomic E-state index is 12.0. The summed E-state index contributed by atoms with van der Waals surface area (Å²) in [5, 5.41) is 3.94. The van der Waals surface area contributed by atoms with E-state index in [1.165, 1.54) is 0 Å². The number of amides is 1. The second-order valence-electron chi connectivity index (χ2n) is 4.35. The van der Waals surface area contributed by atoms with Crippen LogP contribution in [0.5, 0.6) is 0 Å². The third-order valence-corrected chi connectivity index (χ3v) is 3.75. The van der Waals surface area contributed by atoms with E-state index in [0.717, 1.165) is 12.1 Å². The van der Waals surface area contributed by atoms with Gasteiger partial charge in [0.2, 0.25) is 0 Å². The molecule has 0 bridgehead atoms. The van der Waals surface area contributed by atoms with Gasteiger partial charge in [-0.25, -0.2) is 10.4 Å². The number of hydrogen-bond donors (Lipinski definition) is 2. The maximum atomic E-state index is 12.0. The average molecular weight is 338 g/mol. The van der Waals surface area contributed by atoms with Crippen LogP contribution in [0, 0.1) is 5.92 Å². The molecule has 0 radical (unpaired) electrons. The number of anilines is 1. The Bertz CT molecular complexity index is 558. The number of rotatable bonds is 4. The smallest absolute Gasteiger partial charge is 0.291 e. The Balaban J connectivity index is 3.05. The number of carbonyl (C=O) groups excluding carboxylic acids is 1. The standard InChI is InChI=1S/C12H15Cl3N4O/c1-4-6(5(2)3)18-19-12(20)10-7(13)9(16)8(14)11(15)17-10/h5H,4H2,1-3H3,(H2,16,17)(H,19,20)/b18-6+. The molecule has 0 aromatic carbocycles. The van der Waals surface area contributed by atoms with E-state index in [2.05, 4.69) is 15.5 Å². The van der Waals surface area contributed by atoms with Gasteiger partial charge in [-0.1, -0.05) is 55.6 Å². The predicted molar refractivity (Wildman–Crippen MR) is 83.7 cm³/mol. The number of nitrogens with one attached hydrogen (secondary N) is 1. The van der Waals surface area contributed by atoms with Crippen LogP contribution in [0.3, 0.4) is 0 Å². The zero-order valence-electron chi connectivity index (χ0n) is 11.3. The molecule has 0 aliphatic rings. The Morgan fingerprint density at radius 3 is 2.45 bits per heavy atom. The monoisotopic (exact) mass is 336 g/mol. The first-order valence-electron chi connectivity index (χ1n) is 5.96. The fourth-order valence-electron chi connectivity index (χ4n) is 1.47. The molecule has 1 aromatic rings. The van der Waals surface area contributed by atoms with Crippen LogP contribution in [0.1, 0.15) is 37.7 Å². The molecule has 1 heterocycles. The van der Waals surface area contributed by atoms with Crippen molar-refractivity contribution < 1.29 is 4.79 Å². The molecule has 1 amide bonds. The number of nitrogen functional groups attached to an aromatic ring is 1. The van der Waals surface area contributed by atoms with Gasteiger partial charge >= 0.3 is 0 Å². The van der Waals surface area contributed by atoms with Gasteiger partial charge in [0.05, 0.1) is 10.7 Å². The van der Waals surface area contributed by atoms with E-state index in [4.69, 9.17) is 40.5 Å². The number of carbonyl (C=O) groups is 1. The van der Waals surface area contributed by atoms with Gasteiger partial charge in [-0.05, 0) is 12.3 Å². The normalized spacial score (nSPS) is 11.8. The van der Waals surface area contributed by atoms with Crippen LogP contribution in [-0.2, 0) is 0 Å². The van der Waals surface area contributed by atoms with Gasteiger partial charge in [0, 0.05) is 5.71 Å². The van der Waals surface area contributed by atoms with Gasteiger partial charge in [-0.15, -0.1) is 0 Å². The van der Waals surface area contributed by atoms with Crippen LogP contribution in [0.25, 0.3) is 0 Å². The molecule has 110 valence electrons. The lowest BCUT2D eigenvalue weighted by Gasteiger charge is -2.10. The van der Waals surface area contributed by atoms with Gasteiger partial charge in [-0.3, -0.25) is 4.79 Å². The molecule has 0 atom stereocenters. The van der Waals surface area contributed by atoms with Crippen molar-refractivity contribution in [1.29, 1.82) is 0 Å². The first kappa shape index (κ1) is 17.0. The first-order chi connectivity index (χ1) is 9.29. The van der Waals surface area contributed by atoms with Crippen LogP contribution in [0.15, 0.2) is 5.10 Å². The summed E-state index contributed by atoms with van der Waals surface area (Å²) in [6, 6.07) is 0. The Hall–Kier alpha value is -1.04. The number of aromatic nitrogens is 1. The summed E-state index contributed by atoms with van der Waals surface area (Å²) in [7, 11) is 0. The summed E-state index contributed by atoms with van der Waals surface area (Å²) in [5.41, 5.74) is 8.79. The van der Waals surface area contributed by atoms with E-state index in [1.54, 1.807) is 0 Å². The van der Waals surface area contributed by atoms with E-state index in [0.29, 0.717) is 0 Å². The summed E-state index contributed by atoms with van der Waals surface area (Å²) in [6.45, 7) is 5.92. The molecule has 0 aliphatic heterocycles. The van der Waals surface area contributed by atoms with E-state index in [9.17, 15) is 4.79 Å². The zero-order valence-corrected chi connectivity index (χ0v) is 13.6. The van der Waals surface area contributed by atoms with Crippen molar-refractivity contribution in [3.8, 4) is 0 Å². The van der Waals surface area contributed by atoms with E-state index in [1.807, 2.05) is 20.8 Å². The molecule has 0 saturated carbocycles. The van der Waals surface area contributed by atoms with Crippen molar-refractivity contribution in [3.63, 3.8) is 0 Å². The number of hydrazone groups is 1. The highest BCUT2D eigenvalue weighted by Crippen LogP contribution is 2.34. The molecule has 0 spiro atoms. The highest BCUT2D eigenvalue weighted by atomic mass is 35.5. The lowest BCUT2D eigenvalue weighted by Crippen LogP contribution is -2.23. The topological polar surface area (TPSA) is 80.4 Å². The lowest BCUT2D eigenvalue weighted by atomic mass is 10.1. The van der Waals surface area contributed by atoms with Gasteiger partial charge in [0.15, 0.2) is 10.8 Å². The van der Waals surface area contributed by atoms with Crippen molar-refractivity contribution in [1.82, 2.24) is 10.4 Å². The quantitative estimate of drug-likeness (QED) is 0.498. The van der Waals surface area contributed by atoms with Crippen LogP contribution >= 0.6 is 34.8 Å². The van der Waals surface area contributed by atoms with Crippen LogP contribution in [0.2, 0.25) is 15.2 Å². The molecule has 5 nitrogen and oxygen atoms in total. The third-order valence-electron chi connectivity index (χ3n) is 2.62. The fraction of sp³-hybridized carbons (Fsp3) is 0.417. The first-order valence-corrected chi connectivity index (χ1v) is 7.09. The molecule has 8 heteroatoms. The van der Waals surface area contributed by atoms with Crippen molar-refractivity contribution in [2.24, 2.45) is 11.0 Å². The highest BCUT2D eigenvalue weighted by Gasteiger charge is 2.19. The summed E-state index contributed by atoms with van der Waals surface area (Å²) in [5.74, 6) is -0.366. The molecular weight excluding hydrogens is 323 g/mol. The SMILES string of the molecule is CC/C(=N\NC(=O)c1nc(Cl)c(Cl)c(N)c1Cl)C(C)C. The second-order valence-corrected chi connectivity index (χ2v) is 5.46.